The summed E-state index contributed by atoms with van der Waals surface area (Å²) < 4.78 is 6.48. The minimum atomic E-state index is -0.0943. The van der Waals surface area contributed by atoms with Crippen LogP contribution in [-0.2, 0) is 16.0 Å². The van der Waals surface area contributed by atoms with Gasteiger partial charge in [-0.05, 0) is 59.7 Å². The molecular formula is C15H20BrNO2. The van der Waals surface area contributed by atoms with Crippen molar-refractivity contribution in [2.45, 2.75) is 51.6 Å². The lowest BCUT2D eigenvalue weighted by Crippen LogP contribution is -2.22. The Morgan fingerprint density at radius 3 is 2.95 bits per heavy atom. The summed E-state index contributed by atoms with van der Waals surface area (Å²) in [5, 5.41) is 0. The van der Waals surface area contributed by atoms with E-state index in [1.165, 1.54) is 25.7 Å². The molecular weight excluding hydrogens is 306 g/mol. The summed E-state index contributed by atoms with van der Waals surface area (Å²) in [7, 11) is 0. The average molecular weight is 326 g/mol. The molecule has 1 aromatic rings. The number of halogens is 1. The molecule has 0 saturated heterocycles. The second-order valence-corrected chi connectivity index (χ2v) is 6.06. The summed E-state index contributed by atoms with van der Waals surface area (Å²) in [6.45, 7) is 2.02. The van der Waals surface area contributed by atoms with Gasteiger partial charge in [0.05, 0.1) is 0 Å². The topological polar surface area (TPSA) is 39.2 Å². The fraction of sp³-hybridized carbons (Fsp3) is 0.600. The van der Waals surface area contributed by atoms with E-state index in [-0.39, 0.29) is 12.1 Å². The Morgan fingerprint density at radius 1 is 1.53 bits per heavy atom. The molecule has 4 heteroatoms. The van der Waals surface area contributed by atoms with E-state index in [0.29, 0.717) is 18.8 Å². The smallest absolute Gasteiger partial charge is 0.306 e. The molecule has 1 aliphatic carbocycles. The van der Waals surface area contributed by atoms with Crippen LogP contribution < -0.4 is 0 Å². The van der Waals surface area contributed by atoms with E-state index in [2.05, 4.69) is 20.9 Å². The molecule has 3 nitrogen and oxygen atoms in total. The molecule has 2 rings (SSSR count). The number of hydrogen-bond donors (Lipinski definition) is 0. The normalized spacial score (nSPS) is 17.4. The van der Waals surface area contributed by atoms with Crippen LogP contribution in [0.1, 0.15) is 44.6 Å². The number of nitrogens with zero attached hydrogens (tertiary/aromatic N) is 1. The monoisotopic (exact) mass is 325 g/mol. The maximum absolute atomic E-state index is 11.8. The minimum absolute atomic E-state index is 0.0656. The lowest BCUT2D eigenvalue weighted by Gasteiger charge is -2.19. The van der Waals surface area contributed by atoms with Crippen LogP contribution in [0.4, 0.5) is 0 Å². The molecule has 0 radical (unpaired) electrons. The molecule has 0 bridgehead atoms. The molecule has 1 saturated carbocycles. The second kappa shape index (κ2) is 7.04. The van der Waals surface area contributed by atoms with Crippen LogP contribution >= 0.6 is 15.9 Å². The van der Waals surface area contributed by atoms with Gasteiger partial charge in [0.15, 0.2) is 0 Å². The number of rotatable bonds is 5. The first-order valence-corrected chi connectivity index (χ1v) is 7.74. The van der Waals surface area contributed by atoms with Gasteiger partial charge in [-0.25, -0.2) is 0 Å². The maximum atomic E-state index is 11.8. The third-order valence-electron chi connectivity index (χ3n) is 3.84. The Morgan fingerprint density at radius 2 is 2.26 bits per heavy atom. The van der Waals surface area contributed by atoms with E-state index < -0.39 is 0 Å². The maximum Gasteiger partial charge on any atom is 0.306 e. The highest BCUT2D eigenvalue weighted by atomic mass is 79.9. The van der Waals surface area contributed by atoms with Crippen molar-refractivity contribution in [2.75, 3.05) is 0 Å². The van der Waals surface area contributed by atoms with E-state index in [1.807, 2.05) is 13.0 Å². The molecule has 19 heavy (non-hydrogen) atoms. The number of pyridine rings is 1. The van der Waals surface area contributed by atoms with Crippen molar-refractivity contribution in [1.29, 1.82) is 0 Å². The molecule has 1 atom stereocenters. The zero-order chi connectivity index (χ0) is 13.7. The van der Waals surface area contributed by atoms with E-state index in [9.17, 15) is 4.79 Å². The van der Waals surface area contributed by atoms with Crippen molar-refractivity contribution >= 4 is 21.9 Å². The molecule has 0 aromatic carbocycles. The van der Waals surface area contributed by atoms with Crippen LogP contribution in [0.25, 0.3) is 0 Å². The Labute approximate surface area is 122 Å². The van der Waals surface area contributed by atoms with Crippen molar-refractivity contribution in [3.63, 3.8) is 0 Å². The van der Waals surface area contributed by atoms with Gasteiger partial charge in [0, 0.05) is 23.3 Å². The van der Waals surface area contributed by atoms with Crippen molar-refractivity contribution in [2.24, 2.45) is 5.92 Å². The zero-order valence-electron chi connectivity index (χ0n) is 11.3. The third kappa shape index (κ3) is 4.30. The minimum Gasteiger partial charge on any atom is -0.462 e. The number of ether oxygens (including phenoxy) is 1. The Balaban J connectivity index is 1.77. The second-order valence-electron chi connectivity index (χ2n) is 5.21. The molecule has 0 spiro atoms. The molecule has 1 aromatic heterocycles. The van der Waals surface area contributed by atoms with Crippen LogP contribution in [0, 0.1) is 5.92 Å². The first-order chi connectivity index (χ1) is 9.16. The van der Waals surface area contributed by atoms with Gasteiger partial charge in [-0.3, -0.25) is 9.78 Å². The van der Waals surface area contributed by atoms with Crippen molar-refractivity contribution in [3.05, 3.63) is 28.5 Å². The van der Waals surface area contributed by atoms with Crippen LogP contribution in [0.2, 0.25) is 0 Å². The summed E-state index contributed by atoms with van der Waals surface area (Å²) in [6, 6.07) is 1.93. The first kappa shape index (κ1) is 14.5. The molecule has 1 heterocycles. The lowest BCUT2D eigenvalue weighted by atomic mass is 10.0. The number of carbonyl (C=O) groups excluding carboxylic acids is 1. The summed E-state index contributed by atoms with van der Waals surface area (Å²) in [4.78, 5) is 15.9. The van der Waals surface area contributed by atoms with Crippen LogP contribution in [-0.4, -0.2) is 17.1 Å². The number of aryl methyl sites for hydroxylation is 1. The number of esters is 1. The Hall–Kier alpha value is -0.900. The highest BCUT2D eigenvalue weighted by Crippen LogP contribution is 2.29. The summed E-state index contributed by atoms with van der Waals surface area (Å²) in [6.07, 6.45) is 9.63. The van der Waals surface area contributed by atoms with Gasteiger partial charge in [0.2, 0.25) is 0 Å². The van der Waals surface area contributed by atoms with Gasteiger partial charge in [0.1, 0.15) is 6.10 Å². The number of aromatic nitrogens is 1. The van der Waals surface area contributed by atoms with Gasteiger partial charge in [0.25, 0.3) is 0 Å². The predicted molar refractivity (Wildman–Crippen MR) is 77.8 cm³/mol. The number of carbonyl (C=O) groups is 1. The van der Waals surface area contributed by atoms with Crippen molar-refractivity contribution < 1.29 is 9.53 Å². The van der Waals surface area contributed by atoms with Gasteiger partial charge >= 0.3 is 5.97 Å². The number of hydrogen-bond acceptors (Lipinski definition) is 3. The first-order valence-electron chi connectivity index (χ1n) is 6.94. The van der Waals surface area contributed by atoms with E-state index in [4.69, 9.17) is 4.74 Å². The van der Waals surface area contributed by atoms with Crippen LogP contribution in [0.3, 0.4) is 0 Å². The quantitative estimate of drug-likeness (QED) is 0.771. The SMILES string of the molecule is C[C@@H](OC(=O)CCc1ccncc1Br)C1CCCC1. The Bertz CT molecular complexity index is 430. The van der Waals surface area contributed by atoms with E-state index >= 15 is 0 Å². The highest BCUT2D eigenvalue weighted by molar-refractivity contribution is 9.10. The lowest BCUT2D eigenvalue weighted by molar-refractivity contribution is -0.150. The van der Waals surface area contributed by atoms with Crippen molar-refractivity contribution in [1.82, 2.24) is 4.98 Å². The molecule has 0 aliphatic heterocycles. The van der Waals surface area contributed by atoms with Gasteiger partial charge in [-0.2, -0.15) is 0 Å². The largest absolute Gasteiger partial charge is 0.462 e. The molecule has 1 aliphatic rings. The highest BCUT2D eigenvalue weighted by Gasteiger charge is 2.24. The molecule has 1 fully saturated rings. The van der Waals surface area contributed by atoms with Crippen LogP contribution in [0.5, 0.6) is 0 Å². The standard InChI is InChI=1S/C15H20BrNO2/c1-11(12-4-2-3-5-12)19-15(18)7-6-13-8-9-17-10-14(13)16/h8-12H,2-7H2,1H3/t11-/m1/s1. The molecule has 0 amide bonds. The molecule has 104 valence electrons. The van der Waals surface area contributed by atoms with Gasteiger partial charge in [-0.15, -0.1) is 0 Å². The fourth-order valence-corrected chi connectivity index (χ4v) is 3.08. The predicted octanol–water partition coefficient (Wildman–Crippen LogP) is 3.90. The average Bonchev–Trinajstić information content (AvgIpc) is 2.91. The summed E-state index contributed by atoms with van der Waals surface area (Å²) in [5.74, 6) is 0.472. The summed E-state index contributed by atoms with van der Waals surface area (Å²) >= 11 is 3.44. The van der Waals surface area contributed by atoms with E-state index in [1.54, 1.807) is 12.4 Å². The van der Waals surface area contributed by atoms with Crippen molar-refractivity contribution in [3.8, 4) is 0 Å². The molecule has 0 unspecified atom stereocenters. The fourth-order valence-electron chi connectivity index (χ4n) is 2.63. The zero-order valence-corrected chi connectivity index (χ0v) is 12.9. The van der Waals surface area contributed by atoms with Gasteiger partial charge in [-0.1, -0.05) is 12.8 Å². The van der Waals surface area contributed by atoms with Gasteiger partial charge < -0.3 is 4.74 Å². The molecule has 0 N–H and O–H groups in total. The summed E-state index contributed by atoms with van der Waals surface area (Å²) in [5.41, 5.74) is 1.10. The Kier molecular flexibility index (Phi) is 5.37. The van der Waals surface area contributed by atoms with Crippen LogP contribution in [0.15, 0.2) is 22.9 Å². The van der Waals surface area contributed by atoms with E-state index in [0.717, 1.165) is 10.0 Å². The third-order valence-corrected chi connectivity index (χ3v) is 4.55.